The summed E-state index contributed by atoms with van der Waals surface area (Å²) in [6.45, 7) is 8.47. The molecule has 1 aliphatic heterocycles. The van der Waals surface area contributed by atoms with Gasteiger partial charge in [0.05, 0.1) is 12.7 Å². The van der Waals surface area contributed by atoms with E-state index in [9.17, 15) is 4.39 Å². The summed E-state index contributed by atoms with van der Waals surface area (Å²) in [5, 5.41) is 3.37. The van der Waals surface area contributed by atoms with Crippen molar-refractivity contribution in [1.29, 1.82) is 0 Å². The molecule has 0 radical (unpaired) electrons. The Morgan fingerprint density at radius 2 is 2.18 bits per heavy atom. The van der Waals surface area contributed by atoms with Crippen molar-refractivity contribution in [2.75, 3.05) is 19.7 Å². The lowest BCUT2D eigenvalue weighted by atomic mass is 9.95. The number of aryl methyl sites for hydroxylation is 1. The minimum absolute atomic E-state index is 0.0492. The zero-order valence-corrected chi connectivity index (χ0v) is 10.7. The van der Waals surface area contributed by atoms with Crippen LogP contribution < -0.4 is 5.32 Å². The van der Waals surface area contributed by atoms with Crippen LogP contribution in [0.25, 0.3) is 0 Å². The van der Waals surface area contributed by atoms with Gasteiger partial charge in [0.25, 0.3) is 0 Å². The first-order valence-corrected chi connectivity index (χ1v) is 6.06. The number of rotatable bonds is 1. The predicted octanol–water partition coefficient (Wildman–Crippen LogP) is 2.82. The Morgan fingerprint density at radius 3 is 2.88 bits per heavy atom. The van der Waals surface area contributed by atoms with Gasteiger partial charge >= 0.3 is 0 Å². The molecule has 2 rings (SSSR count). The van der Waals surface area contributed by atoms with Crippen LogP contribution in [-0.4, -0.2) is 19.7 Å². The fourth-order valence-corrected chi connectivity index (χ4v) is 2.00. The van der Waals surface area contributed by atoms with Crippen molar-refractivity contribution < 1.29 is 9.13 Å². The standard InChI is InChI=1S/C14H20FNO/c1-10-4-5-11(6-12(10)15)13-7-16-8-14(2,3)9-17-13/h4-6,13,16H,7-9H2,1-3H3. The number of hydrogen-bond donors (Lipinski definition) is 1. The highest BCUT2D eigenvalue weighted by molar-refractivity contribution is 5.25. The van der Waals surface area contributed by atoms with Gasteiger partial charge in [-0.05, 0) is 24.1 Å². The van der Waals surface area contributed by atoms with E-state index in [0.717, 1.165) is 18.7 Å². The average molecular weight is 237 g/mol. The van der Waals surface area contributed by atoms with E-state index in [1.807, 2.05) is 12.1 Å². The van der Waals surface area contributed by atoms with Crippen LogP contribution in [0.15, 0.2) is 18.2 Å². The molecule has 1 saturated heterocycles. The molecule has 2 nitrogen and oxygen atoms in total. The summed E-state index contributed by atoms with van der Waals surface area (Å²) < 4.78 is 19.4. The molecule has 17 heavy (non-hydrogen) atoms. The number of hydrogen-bond acceptors (Lipinski definition) is 2. The molecule has 0 bridgehead atoms. The lowest BCUT2D eigenvalue weighted by Gasteiger charge is -2.21. The van der Waals surface area contributed by atoms with Crippen molar-refractivity contribution in [3.63, 3.8) is 0 Å². The molecule has 0 aliphatic carbocycles. The monoisotopic (exact) mass is 237 g/mol. The maximum absolute atomic E-state index is 13.5. The Bertz CT molecular complexity index is 403. The zero-order valence-electron chi connectivity index (χ0n) is 10.7. The Kier molecular flexibility index (Phi) is 3.50. The summed E-state index contributed by atoms with van der Waals surface area (Å²) in [5.74, 6) is -0.158. The Hall–Kier alpha value is -0.930. The van der Waals surface area contributed by atoms with Gasteiger partial charge in [-0.3, -0.25) is 0 Å². The lowest BCUT2D eigenvalue weighted by Crippen LogP contribution is -2.29. The molecule has 1 aliphatic rings. The van der Waals surface area contributed by atoms with E-state index in [1.165, 1.54) is 0 Å². The van der Waals surface area contributed by atoms with Crippen LogP contribution >= 0.6 is 0 Å². The minimum atomic E-state index is -0.158. The number of benzene rings is 1. The third-order valence-electron chi connectivity index (χ3n) is 3.18. The first-order chi connectivity index (χ1) is 7.98. The molecule has 0 aromatic heterocycles. The summed E-state index contributed by atoms with van der Waals surface area (Å²) in [4.78, 5) is 0. The summed E-state index contributed by atoms with van der Waals surface area (Å²) in [6.07, 6.45) is -0.0492. The van der Waals surface area contributed by atoms with Crippen LogP contribution in [0.1, 0.15) is 31.1 Å². The maximum Gasteiger partial charge on any atom is 0.126 e. The molecule has 1 aromatic carbocycles. The van der Waals surface area contributed by atoms with Crippen molar-refractivity contribution in [3.8, 4) is 0 Å². The zero-order chi connectivity index (χ0) is 12.5. The van der Waals surface area contributed by atoms with Gasteiger partial charge in [-0.25, -0.2) is 4.39 Å². The van der Waals surface area contributed by atoms with Crippen molar-refractivity contribution in [2.24, 2.45) is 5.41 Å². The summed E-state index contributed by atoms with van der Waals surface area (Å²) in [6, 6.07) is 5.34. The van der Waals surface area contributed by atoms with E-state index in [2.05, 4.69) is 19.2 Å². The lowest BCUT2D eigenvalue weighted by molar-refractivity contribution is 0.0258. The molecule has 1 aromatic rings. The molecule has 1 atom stereocenters. The second-order valence-electron chi connectivity index (χ2n) is 5.60. The molecular formula is C14H20FNO. The molecule has 0 saturated carbocycles. The van der Waals surface area contributed by atoms with Crippen LogP contribution in [0.2, 0.25) is 0 Å². The fourth-order valence-electron chi connectivity index (χ4n) is 2.00. The van der Waals surface area contributed by atoms with Crippen molar-refractivity contribution in [1.82, 2.24) is 5.32 Å². The van der Waals surface area contributed by atoms with Gasteiger partial charge in [0.2, 0.25) is 0 Å². The SMILES string of the molecule is Cc1ccc(C2CNCC(C)(C)CO2)cc1F. The predicted molar refractivity (Wildman–Crippen MR) is 66.5 cm³/mol. The number of nitrogens with one attached hydrogen (secondary N) is 1. The molecule has 1 heterocycles. The van der Waals surface area contributed by atoms with Crippen LogP contribution in [0.4, 0.5) is 4.39 Å². The van der Waals surface area contributed by atoms with Crippen molar-refractivity contribution in [2.45, 2.75) is 26.9 Å². The smallest absolute Gasteiger partial charge is 0.126 e. The van der Waals surface area contributed by atoms with Crippen molar-refractivity contribution in [3.05, 3.63) is 35.1 Å². The van der Waals surface area contributed by atoms with Crippen LogP contribution in [0.5, 0.6) is 0 Å². The molecule has 1 fully saturated rings. The quantitative estimate of drug-likeness (QED) is 0.811. The number of ether oxygens (including phenoxy) is 1. The van der Waals surface area contributed by atoms with E-state index >= 15 is 0 Å². The molecular weight excluding hydrogens is 217 g/mol. The molecule has 0 amide bonds. The normalized spacial score (nSPS) is 24.4. The largest absolute Gasteiger partial charge is 0.372 e. The van der Waals surface area contributed by atoms with Gasteiger partial charge in [-0.2, -0.15) is 0 Å². The summed E-state index contributed by atoms with van der Waals surface area (Å²) in [7, 11) is 0. The highest BCUT2D eigenvalue weighted by atomic mass is 19.1. The van der Waals surface area contributed by atoms with Gasteiger partial charge in [0, 0.05) is 18.5 Å². The molecule has 94 valence electrons. The van der Waals surface area contributed by atoms with Crippen LogP contribution in [0.3, 0.4) is 0 Å². The third kappa shape index (κ3) is 3.05. The molecule has 1 unspecified atom stereocenters. The van der Waals surface area contributed by atoms with Gasteiger partial charge in [-0.1, -0.05) is 26.0 Å². The van der Waals surface area contributed by atoms with Gasteiger partial charge < -0.3 is 10.1 Å². The van der Waals surface area contributed by atoms with Gasteiger partial charge in [-0.15, -0.1) is 0 Å². The van der Waals surface area contributed by atoms with E-state index in [-0.39, 0.29) is 17.3 Å². The highest BCUT2D eigenvalue weighted by Crippen LogP contribution is 2.26. The second-order valence-corrected chi connectivity index (χ2v) is 5.60. The first kappa shape index (κ1) is 12.5. The van der Waals surface area contributed by atoms with Crippen LogP contribution in [0, 0.1) is 18.2 Å². The highest BCUT2D eigenvalue weighted by Gasteiger charge is 2.25. The van der Waals surface area contributed by atoms with Crippen LogP contribution in [-0.2, 0) is 4.74 Å². The first-order valence-electron chi connectivity index (χ1n) is 6.06. The molecule has 0 spiro atoms. The van der Waals surface area contributed by atoms with Gasteiger partial charge in [0.15, 0.2) is 0 Å². The number of halogens is 1. The second kappa shape index (κ2) is 4.75. The Morgan fingerprint density at radius 1 is 1.41 bits per heavy atom. The van der Waals surface area contributed by atoms with E-state index in [1.54, 1.807) is 13.0 Å². The van der Waals surface area contributed by atoms with E-state index in [4.69, 9.17) is 4.74 Å². The topological polar surface area (TPSA) is 21.3 Å². The summed E-state index contributed by atoms with van der Waals surface area (Å²) >= 11 is 0. The Balaban J connectivity index is 2.14. The molecule has 3 heteroatoms. The maximum atomic E-state index is 13.5. The van der Waals surface area contributed by atoms with E-state index in [0.29, 0.717) is 12.2 Å². The third-order valence-corrected chi connectivity index (χ3v) is 3.18. The minimum Gasteiger partial charge on any atom is -0.372 e. The van der Waals surface area contributed by atoms with Crippen molar-refractivity contribution >= 4 is 0 Å². The fraction of sp³-hybridized carbons (Fsp3) is 0.571. The Labute approximate surface area is 102 Å². The molecule has 1 N–H and O–H groups in total. The van der Waals surface area contributed by atoms with Gasteiger partial charge in [0.1, 0.15) is 5.82 Å². The average Bonchev–Trinajstić information content (AvgIpc) is 2.44. The van der Waals surface area contributed by atoms with E-state index < -0.39 is 0 Å². The summed E-state index contributed by atoms with van der Waals surface area (Å²) in [5.41, 5.74) is 1.73.